The van der Waals surface area contributed by atoms with E-state index in [0.717, 1.165) is 17.0 Å². The minimum atomic E-state index is -3.82. The van der Waals surface area contributed by atoms with E-state index >= 15 is 0 Å². The van der Waals surface area contributed by atoms with Gasteiger partial charge in [0.05, 0.1) is 17.7 Å². The van der Waals surface area contributed by atoms with Crippen LogP contribution in [0.4, 0.5) is 10.8 Å². The van der Waals surface area contributed by atoms with Gasteiger partial charge >= 0.3 is 0 Å². The number of methoxy groups -OCH3 is 1. The van der Waals surface area contributed by atoms with Crippen LogP contribution in [0.3, 0.4) is 0 Å². The smallest absolute Gasteiger partial charge is 0.261 e. The largest absolute Gasteiger partial charge is 0.497 e. The van der Waals surface area contributed by atoms with Crippen LogP contribution in [0.2, 0.25) is 5.02 Å². The van der Waals surface area contributed by atoms with Gasteiger partial charge in [-0.2, -0.15) is 0 Å². The molecule has 33 heavy (non-hydrogen) atoms. The zero-order valence-corrected chi connectivity index (χ0v) is 19.7. The monoisotopic (exact) mass is 499 g/mol. The first-order chi connectivity index (χ1) is 15.8. The molecule has 0 aliphatic carbocycles. The number of rotatable bonds is 7. The van der Waals surface area contributed by atoms with Crippen molar-refractivity contribution in [2.75, 3.05) is 17.1 Å². The number of aromatic nitrogens is 1. The van der Waals surface area contributed by atoms with E-state index in [1.54, 1.807) is 25.3 Å². The number of nitrogens with zero attached hydrogens (tertiary/aromatic N) is 1. The number of amides is 1. The molecule has 4 aromatic rings. The molecule has 0 saturated heterocycles. The van der Waals surface area contributed by atoms with Crippen LogP contribution in [0.1, 0.15) is 10.4 Å². The molecule has 1 heterocycles. The molecule has 168 valence electrons. The van der Waals surface area contributed by atoms with Gasteiger partial charge in [-0.1, -0.05) is 17.7 Å². The van der Waals surface area contributed by atoms with Crippen molar-refractivity contribution in [2.45, 2.75) is 4.90 Å². The number of halogens is 1. The van der Waals surface area contributed by atoms with E-state index in [4.69, 9.17) is 16.3 Å². The average molecular weight is 500 g/mol. The number of thiazole rings is 1. The molecule has 0 atom stereocenters. The zero-order valence-electron chi connectivity index (χ0n) is 17.3. The molecule has 7 nitrogen and oxygen atoms in total. The highest BCUT2D eigenvalue weighted by molar-refractivity contribution is 7.92. The van der Waals surface area contributed by atoms with Gasteiger partial charge in [0.2, 0.25) is 0 Å². The molecule has 0 fully saturated rings. The number of benzene rings is 3. The normalized spacial score (nSPS) is 11.1. The van der Waals surface area contributed by atoms with Crippen LogP contribution in [0.25, 0.3) is 11.3 Å². The molecule has 0 aliphatic rings. The number of anilines is 2. The van der Waals surface area contributed by atoms with Crippen molar-refractivity contribution in [3.8, 4) is 17.0 Å². The molecule has 0 aliphatic heterocycles. The first kappa shape index (κ1) is 22.8. The van der Waals surface area contributed by atoms with E-state index < -0.39 is 15.9 Å². The van der Waals surface area contributed by atoms with Crippen LogP contribution >= 0.6 is 22.9 Å². The standard InChI is InChI=1S/C23H18ClN3O4S2/c1-31-19-9-5-15(6-10-19)21-14-32-23(25-21)26-22(28)16-3-2-4-18(13-16)27-33(29,30)20-11-7-17(24)8-12-20/h2-14,27H,1H3,(H,25,26,28). The summed E-state index contributed by atoms with van der Waals surface area (Å²) in [5.74, 6) is 0.340. The minimum absolute atomic E-state index is 0.0654. The summed E-state index contributed by atoms with van der Waals surface area (Å²) in [5, 5.41) is 5.46. The summed E-state index contributed by atoms with van der Waals surface area (Å²) >= 11 is 7.12. The third kappa shape index (κ3) is 5.51. The van der Waals surface area contributed by atoms with E-state index in [1.807, 2.05) is 29.6 Å². The summed E-state index contributed by atoms with van der Waals surface area (Å²) in [4.78, 5) is 17.2. The highest BCUT2D eigenvalue weighted by Crippen LogP contribution is 2.27. The average Bonchev–Trinajstić information content (AvgIpc) is 3.28. The molecule has 0 spiro atoms. The Morgan fingerprint density at radius 3 is 2.45 bits per heavy atom. The lowest BCUT2D eigenvalue weighted by Crippen LogP contribution is -2.15. The fraction of sp³-hybridized carbons (Fsp3) is 0.0435. The number of nitrogens with one attached hydrogen (secondary N) is 2. The highest BCUT2D eigenvalue weighted by atomic mass is 35.5. The fourth-order valence-electron chi connectivity index (χ4n) is 2.95. The van der Waals surface area contributed by atoms with Gasteiger partial charge in [0.25, 0.3) is 15.9 Å². The maximum Gasteiger partial charge on any atom is 0.261 e. The Bertz CT molecular complexity index is 1390. The Labute approximate surface area is 200 Å². The van der Waals surface area contributed by atoms with Crippen molar-refractivity contribution in [3.63, 3.8) is 0 Å². The summed E-state index contributed by atoms with van der Waals surface area (Å²) in [6, 6.07) is 19.5. The van der Waals surface area contributed by atoms with Crippen LogP contribution < -0.4 is 14.8 Å². The third-order valence-corrected chi connectivity index (χ3v) is 7.02. The van der Waals surface area contributed by atoms with Crippen LogP contribution in [0, 0.1) is 0 Å². The SMILES string of the molecule is COc1ccc(-c2csc(NC(=O)c3cccc(NS(=O)(=O)c4ccc(Cl)cc4)c3)n2)cc1. The van der Waals surface area contributed by atoms with Crippen molar-refractivity contribution in [1.82, 2.24) is 4.98 Å². The predicted octanol–water partition coefficient (Wildman–Crippen LogP) is 5.53. The number of ether oxygens (including phenoxy) is 1. The Hall–Kier alpha value is -3.40. The Morgan fingerprint density at radius 1 is 1.03 bits per heavy atom. The van der Waals surface area contributed by atoms with Crippen LogP contribution in [0.5, 0.6) is 5.75 Å². The molecular weight excluding hydrogens is 482 g/mol. The molecule has 0 radical (unpaired) electrons. The van der Waals surface area contributed by atoms with Gasteiger partial charge in [-0.3, -0.25) is 14.8 Å². The number of hydrogen-bond acceptors (Lipinski definition) is 6. The number of hydrogen-bond donors (Lipinski definition) is 2. The molecule has 2 N–H and O–H groups in total. The van der Waals surface area contributed by atoms with Crippen LogP contribution in [-0.2, 0) is 10.0 Å². The topological polar surface area (TPSA) is 97.4 Å². The molecular formula is C23H18ClN3O4S2. The maximum atomic E-state index is 12.7. The van der Waals surface area contributed by atoms with Gasteiger partial charge in [0.15, 0.2) is 5.13 Å². The molecule has 3 aromatic carbocycles. The van der Waals surface area contributed by atoms with Crippen molar-refractivity contribution in [1.29, 1.82) is 0 Å². The summed E-state index contributed by atoms with van der Waals surface area (Å²) in [6.45, 7) is 0. The molecule has 10 heteroatoms. The van der Waals surface area contributed by atoms with E-state index in [9.17, 15) is 13.2 Å². The van der Waals surface area contributed by atoms with Crippen molar-refractivity contribution >= 4 is 49.7 Å². The first-order valence-corrected chi connectivity index (χ1v) is 12.4. The van der Waals surface area contributed by atoms with Gasteiger partial charge < -0.3 is 4.74 Å². The lowest BCUT2D eigenvalue weighted by molar-refractivity contribution is 0.102. The second-order valence-electron chi connectivity index (χ2n) is 6.86. The van der Waals surface area contributed by atoms with Crippen molar-refractivity contribution in [3.05, 3.63) is 88.8 Å². The lowest BCUT2D eigenvalue weighted by Gasteiger charge is -2.09. The van der Waals surface area contributed by atoms with E-state index in [0.29, 0.717) is 10.2 Å². The molecule has 1 aromatic heterocycles. The minimum Gasteiger partial charge on any atom is -0.497 e. The molecule has 1 amide bonds. The van der Waals surface area contributed by atoms with Gasteiger partial charge in [-0.05, 0) is 66.7 Å². The third-order valence-electron chi connectivity index (χ3n) is 4.61. The second-order valence-corrected chi connectivity index (χ2v) is 9.84. The second kappa shape index (κ2) is 9.62. The molecule has 0 saturated carbocycles. The molecule has 0 unspecified atom stereocenters. The van der Waals surface area contributed by atoms with Gasteiger partial charge in [0, 0.05) is 27.2 Å². The van der Waals surface area contributed by atoms with Crippen molar-refractivity contribution in [2.24, 2.45) is 0 Å². The Morgan fingerprint density at radius 2 is 1.76 bits per heavy atom. The summed E-state index contributed by atoms with van der Waals surface area (Å²) in [7, 11) is -2.22. The highest BCUT2D eigenvalue weighted by Gasteiger charge is 2.16. The molecule has 0 bridgehead atoms. The Kier molecular flexibility index (Phi) is 6.64. The number of carbonyl (C=O) groups excluding carboxylic acids is 1. The van der Waals surface area contributed by atoms with Gasteiger partial charge in [-0.15, -0.1) is 11.3 Å². The van der Waals surface area contributed by atoms with E-state index in [2.05, 4.69) is 15.0 Å². The molecule has 4 rings (SSSR count). The van der Waals surface area contributed by atoms with E-state index in [-0.39, 0.29) is 16.1 Å². The summed E-state index contributed by atoms with van der Waals surface area (Å²) < 4.78 is 32.8. The van der Waals surface area contributed by atoms with E-state index in [1.165, 1.54) is 41.7 Å². The summed E-state index contributed by atoms with van der Waals surface area (Å²) in [5.41, 5.74) is 2.16. The van der Waals surface area contributed by atoms with Crippen LogP contribution in [0.15, 0.2) is 83.1 Å². The number of sulfonamides is 1. The fourth-order valence-corrected chi connectivity index (χ4v) is 4.84. The van der Waals surface area contributed by atoms with Gasteiger partial charge in [0.1, 0.15) is 5.75 Å². The van der Waals surface area contributed by atoms with Crippen molar-refractivity contribution < 1.29 is 17.9 Å². The van der Waals surface area contributed by atoms with Gasteiger partial charge in [-0.25, -0.2) is 13.4 Å². The lowest BCUT2D eigenvalue weighted by atomic mass is 10.2. The summed E-state index contributed by atoms with van der Waals surface area (Å²) in [6.07, 6.45) is 0. The first-order valence-electron chi connectivity index (χ1n) is 9.64. The maximum absolute atomic E-state index is 12.7. The quantitative estimate of drug-likeness (QED) is 0.348. The predicted molar refractivity (Wildman–Crippen MR) is 131 cm³/mol. The number of carbonyl (C=O) groups is 1. The van der Waals surface area contributed by atoms with Crippen LogP contribution in [-0.4, -0.2) is 26.4 Å². The zero-order chi connectivity index (χ0) is 23.4. The Balaban J connectivity index is 1.47.